The molecule has 0 radical (unpaired) electrons. The molecule has 2 bridgehead atoms. The zero-order valence-corrected chi connectivity index (χ0v) is 16.8. The monoisotopic (exact) mass is 462 g/mol. The Kier molecular flexibility index (Phi) is 5.91. The number of alkyl halides is 3. The van der Waals surface area contributed by atoms with Gasteiger partial charge in [-0.2, -0.15) is 13.2 Å². The summed E-state index contributed by atoms with van der Waals surface area (Å²) in [4.78, 5) is 48.5. The van der Waals surface area contributed by atoms with Crippen molar-refractivity contribution in [1.82, 2.24) is 0 Å². The highest BCUT2D eigenvalue weighted by Crippen LogP contribution is 2.51. The zero-order valence-electron chi connectivity index (χ0n) is 16.8. The quantitative estimate of drug-likeness (QED) is 0.328. The van der Waals surface area contributed by atoms with E-state index in [0.29, 0.717) is 0 Å². The number of ether oxygens (including phenoxy) is 5. The molecule has 0 amide bonds. The molecule has 9 nitrogen and oxygen atoms in total. The maximum absolute atomic E-state index is 12.8. The number of carbonyl (C=O) groups excluding carboxylic acids is 4. The van der Waals surface area contributed by atoms with Crippen LogP contribution in [0.3, 0.4) is 0 Å². The molecule has 3 aliphatic heterocycles. The highest BCUT2D eigenvalue weighted by Gasteiger charge is 2.72. The van der Waals surface area contributed by atoms with Crippen LogP contribution in [-0.2, 0) is 42.9 Å². The number of fused-ring (bicyclic) bond motifs is 1. The van der Waals surface area contributed by atoms with E-state index in [1.54, 1.807) is 0 Å². The van der Waals surface area contributed by atoms with Gasteiger partial charge in [0.2, 0.25) is 0 Å². The van der Waals surface area contributed by atoms with Crippen molar-refractivity contribution in [2.45, 2.75) is 68.8 Å². The summed E-state index contributed by atoms with van der Waals surface area (Å²) in [5, 5.41) is 0. The van der Waals surface area contributed by atoms with Crippen molar-refractivity contribution in [2.75, 3.05) is 6.61 Å². The van der Waals surface area contributed by atoms with E-state index in [4.69, 9.17) is 18.9 Å². The lowest BCUT2D eigenvalue weighted by Crippen LogP contribution is -2.48. The van der Waals surface area contributed by atoms with Crippen LogP contribution in [0.2, 0.25) is 0 Å². The molecule has 0 spiro atoms. The Bertz CT molecular complexity index is 833. The molecule has 6 atom stereocenters. The lowest BCUT2D eigenvalue weighted by atomic mass is 9.78. The fourth-order valence-corrected chi connectivity index (χ4v) is 4.68. The number of halogens is 3. The Hall–Kier alpha value is -2.63. The predicted molar refractivity (Wildman–Crippen MR) is 94.5 cm³/mol. The van der Waals surface area contributed by atoms with E-state index in [0.717, 1.165) is 32.1 Å². The minimum atomic E-state index is -5.00. The number of rotatable bonds is 6. The summed E-state index contributed by atoms with van der Waals surface area (Å²) in [5.41, 5.74) is -1.77. The molecular weight excluding hydrogens is 441 g/mol. The molecule has 0 aromatic rings. The Balaban J connectivity index is 1.38. The molecule has 6 unspecified atom stereocenters. The van der Waals surface area contributed by atoms with Crippen molar-refractivity contribution in [3.63, 3.8) is 0 Å². The van der Waals surface area contributed by atoms with Gasteiger partial charge in [-0.15, -0.1) is 0 Å². The van der Waals surface area contributed by atoms with E-state index < -0.39 is 78.5 Å². The first-order chi connectivity index (χ1) is 15.1. The summed E-state index contributed by atoms with van der Waals surface area (Å²) in [6.45, 7) is 1.45. The molecule has 3 saturated heterocycles. The van der Waals surface area contributed by atoms with Crippen LogP contribution in [0, 0.1) is 11.8 Å². The molecule has 0 aromatic heterocycles. The van der Waals surface area contributed by atoms with E-state index in [9.17, 15) is 32.3 Å². The largest absolute Gasteiger partial charge is 0.462 e. The fraction of sp³-hybridized carbons (Fsp3) is 0.700. The molecule has 1 saturated carbocycles. The van der Waals surface area contributed by atoms with Crippen molar-refractivity contribution in [1.29, 1.82) is 0 Å². The van der Waals surface area contributed by atoms with Crippen LogP contribution in [0.1, 0.15) is 32.1 Å². The van der Waals surface area contributed by atoms with Crippen molar-refractivity contribution >= 4 is 23.9 Å². The summed E-state index contributed by atoms with van der Waals surface area (Å²) >= 11 is 0. The maximum atomic E-state index is 12.8. The normalized spacial score (nSPS) is 33.5. The maximum Gasteiger partial charge on any atom is 0.422 e. The second-order valence-corrected chi connectivity index (χ2v) is 8.22. The van der Waals surface area contributed by atoms with E-state index in [2.05, 4.69) is 11.3 Å². The summed E-state index contributed by atoms with van der Waals surface area (Å²) in [5.74, 6) is -6.21. The smallest absolute Gasteiger partial charge is 0.422 e. The van der Waals surface area contributed by atoms with Gasteiger partial charge in [-0.3, -0.25) is 9.59 Å². The van der Waals surface area contributed by atoms with Gasteiger partial charge in [0.05, 0.1) is 0 Å². The van der Waals surface area contributed by atoms with Crippen LogP contribution in [0.15, 0.2) is 12.2 Å². The van der Waals surface area contributed by atoms with Gasteiger partial charge in [-0.1, -0.05) is 13.0 Å². The van der Waals surface area contributed by atoms with E-state index in [-0.39, 0.29) is 6.10 Å². The Morgan fingerprint density at radius 3 is 2.38 bits per heavy atom. The minimum absolute atomic E-state index is 0.259. The Morgan fingerprint density at radius 2 is 1.72 bits per heavy atom. The lowest BCUT2D eigenvalue weighted by molar-refractivity contribution is -0.172. The first kappa shape index (κ1) is 22.6. The summed E-state index contributed by atoms with van der Waals surface area (Å²) in [6.07, 6.45) is -4.86. The minimum Gasteiger partial charge on any atom is -0.462 e. The first-order valence-corrected chi connectivity index (χ1v) is 10.3. The van der Waals surface area contributed by atoms with Gasteiger partial charge < -0.3 is 23.7 Å². The molecule has 4 aliphatic rings. The van der Waals surface area contributed by atoms with Gasteiger partial charge in [0.15, 0.2) is 18.8 Å². The molecule has 0 N–H and O–H groups in total. The SMILES string of the molecule is C=C(C(=O)OCC(=O)OC1C2OC(=O)C3C2OC1C3C(=O)OC1CCCCC1)C(F)(F)F. The average molecular weight is 462 g/mol. The third-order valence-corrected chi connectivity index (χ3v) is 6.19. The molecule has 176 valence electrons. The van der Waals surface area contributed by atoms with Crippen molar-refractivity contribution in [3.05, 3.63) is 12.2 Å². The second kappa shape index (κ2) is 8.38. The van der Waals surface area contributed by atoms with Crippen molar-refractivity contribution in [2.24, 2.45) is 11.8 Å². The standard InChI is InChI=1S/C20H21F3O9/c1-8(20(21,22)23)17(25)28-7-10(24)30-15-13-11(12-14(31-13)16(15)32-19(12)27)18(26)29-9-5-3-2-4-6-9/h9,11-16H,1-7H2. The predicted octanol–water partition coefficient (Wildman–Crippen LogP) is 1.37. The fourth-order valence-electron chi connectivity index (χ4n) is 4.68. The van der Waals surface area contributed by atoms with Gasteiger partial charge in [-0.25, -0.2) is 9.59 Å². The van der Waals surface area contributed by atoms with E-state index in [1.807, 2.05) is 0 Å². The molecule has 4 rings (SSSR count). The van der Waals surface area contributed by atoms with E-state index in [1.165, 1.54) is 0 Å². The number of hydrogen-bond acceptors (Lipinski definition) is 9. The number of hydrogen-bond donors (Lipinski definition) is 0. The topological polar surface area (TPSA) is 114 Å². The first-order valence-electron chi connectivity index (χ1n) is 10.3. The lowest BCUT2D eigenvalue weighted by Gasteiger charge is -2.29. The molecular formula is C20H21F3O9. The number of carbonyl (C=O) groups is 4. The van der Waals surface area contributed by atoms with Gasteiger partial charge >= 0.3 is 30.1 Å². The van der Waals surface area contributed by atoms with Gasteiger partial charge in [0.1, 0.15) is 35.7 Å². The van der Waals surface area contributed by atoms with E-state index >= 15 is 0 Å². The summed E-state index contributed by atoms with van der Waals surface area (Å²) in [7, 11) is 0. The Labute approximate surface area is 180 Å². The molecule has 4 fully saturated rings. The average Bonchev–Trinajstić information content (AvgIpc) is 3.35. The van der Waals surface area contributed by atoms with Crippen LogP contribution in [0.4, 0.5) is 13.2 Å². The second-order valence-electron chi connectivity index (χ2n) is 8.22. The van der Waals surface area contributed by atoms with Crippen LogP contribution < -0.4 is 0 Å². The van der Waals surface area contributed by atoms with Crippen LogP contribution >= 0.6 is 0 Å². The number of esters is 4. The molecule has 32 heavy (non-hydrogen) atoms. The zero-order chi connectivity index (χ0) is 23.2. The van der Waals surface area contributed by atoms with Crippen molar-refractivity contribution < 1.29 is 56.0 Å². The molecule has 3 heterocycles. The van der Waals surface area contributed by atoms with Gasteiger partial charge in [0.25, 0.3) is 0 Å². The molecule has 1 aliphatic carbocycles. The highest BCUT2D eigenvalue weighted by molar-refractivity contribution is 5.90. The third kappa shape index (κ3) is 4.07. The third-order valence-electron chi connectivity index (χ3n) is 6.19. The Morgan fingerprint density at radius 1 is 1.03 bits per heavy atom. The van der Waals surface area contributed by atoms with Gasteiger partial charge in [0, 0.05) is 0 Å². The van der Waals surface area contributed by atoms with Crippen LogP contribution in [0.25, 0.3) is 0 Å². The van der Waals surface area contributed by atoms with Crippen molar-refractivity contribution in [3.8, 4) is 0 Å². The summed E-state index contributed by atoms with van der Waals surface area (Å²) in [6, 6.07) is 0. The summed E-state index contributed by atoms with van der Waals surface area (Å²) < 4.78 is 63.3. The van der Waals surface area contributed by atoms with Crippen LogP contribution in [0.5, 0.6) is 0 Å². The molecule has 0 aromatic carbocycles. The van der Waals surface area contributed by atoms with Gasteiger partial charge in [-0.05, 0) is 25.7 Å². The van der Waals surface area contributed by atoms with Crippen LogP contribution in [-0.4, -0.2) is 67.2 Å². The molecule has 12 heteroatoms. The highest BCUT2D eigenvalue weighted by atomic mass is 19.4.